The molecule has 4 fully saturated rings. The van der Waals surface area contributed by atoms with E-state index in [1.807, 2.05) is 30.3 Å². The van der Waals surface area contributed by atoms with Gasteiger partial charge in [0, 0.05) is 37.5 Å². The minimum Gasteiger partial charge on any atom is -0.394 e. The van der Waals surface area contributed by atoms with Crippen molar-refractivity contribution in [1.29, 1.82) is 0 Å². The summed E-state index contributed by atoms with van der Waals surface area (Å²) in [7, 11) is 0. The van der Waals surface area contributed by atoms with Crippen LogP contribution in [-0.2, 0) is 25.7 Å². The molecule has 37 heavy (non-hydrogen) atoms. The van der Waals surface area contributed by atoms with E-state index in [9.17, 15) is 19.5 Å². The van der Waals surface area contributed by atoms with E-state index in [0.29, 0.717) is 32.7 Å². The zero-order valence-electron chi connectivity index (χ0n) is 21.7. The van der Waals surface area contributed by atoms with Gasteiger partial charge in [-0.25, -0.2) is 0 Å². The average molecular weight is 531 g/mol. The first-order valence-corrected chi connectivity index (χ1v) is 14.1. The van der Waals surface area contributed by atoms with Gasteiger partial charge in [0.25, 0.3) is 0 Å². The smallest absolute Gasteiger partial charge is 0.244 e. The van der Waals surface area contributed by atoms with Gasteiger partial charge >= 0.3 is 0 Å². The number of aliphatic hydroxyl groups is 1. The molecule has 3 amide bonds. The first-order valence-electron chi connectivity index (χ1n) is 13.3. The van der Waals surface area contributed by atoms with Crippen molar-refractivity contribution in [1.82, 2.24) is 20.4 Å². The number of nitrogens with zero attached hydrogens (tertiary/aromatic N) is 2. The van der Waals surface area contributed by atoms with E-state index in [0.717, 1.165) is 31.6 Å². The Bertz CT molecular complexity index is 1020. The topological polar surface area (TPSA) is 111 Å². The number of benzene rings is 1. The Kier molecular flexibility index (Phi) is 7.55. The summed E-state index contributed by atoms with van der Waals surface area (Å²) in [6, 6.07) is 8.50. The van der Waals surface area contributed by atoms with E-state index in [1.54, 1.807) is 23.6 Å². The monoisotopic (exact) mass is 530 g/mol. The Morgan fingerprint density at radius 2 is 1.89 bits per heavy atom. The molecule has 1 spiro atoms. The fourth-order valence-electron chi connectivity index (χ4n) is 6.78. The summed E-state index contributed by atoms with van der Waals surface area (Å²) in [4.78, 5) is 45.1. The van der Waals surface area contributed by atoms with Gasteiger partial charge in [0.15, 0.2) is 0 Å². The van der Waals surface area contributed by atoms with Gasteiger partial charge in [0.1, 0.15) is 6.04 Å². The highest BCUT2D eigenvalue weighted by Gasteiger charge is 2.77. The summed E-state index contributed by atoms with van der Waals surface area (Å²) >= 11 is 1.65. The van der Waals surface area contributed by atoms with Crippen LogP contribution in [0.5, 0.6) is 0 Å². The second-order valence-corrected chi connectivity index (χ2v) is 12.8. The molecule has 2 bridgehead atoms. The number of nitrogens with one attached hydrogen (secondary N) is 2. The number of carbonyl (C=O) groups is 3. The highest BCUT2D eigenvalue weighted by Crippen LogP contribution is 2.71. The molecule has 4 saturated heterocycles. The van der Waals surface area contributed by atoms with Crippen molar-refractivity contribution in [2.75, 3.05) is 46.0 Å². The quantitative estimate of drug-likeness (QED) is 0.429. The largest absolute Gasteiger partial charge is 0.394 e. The van der Waals surface area contributed by atoms with Gasteiger partial charge in [0.05, 0.1) is 42.4 Å². The van der Waals surface area contributed by atoms with Crippen molar-refractivity contribution < 1.29 is 24.2 Å². The van der Waals surface area contributed by atoms with Crippen molar-refractivity contribution in [3.05, 3.63) is 35.9 Å². The molecule has 3 N–H and O–H groups in total. The summed E-state index contributed by atoms with van der Waals surface area (Å²) < 4.78 is 4.31. The Morgan fingerprint density at radius 3 is 2.59 bits per heavy atom. The van der Waals surface area contributed by atoms with E-state index in [1.165, 1.54) is 0 Å². The standard InChI is InChI=1S/C27H38N4O5S/c1-18(17-32)31-22(24(34)28-10-11-30-12-14-36-15-13-30)27-9-8-26(2,37-27)20(21(27)25(31)35)23(33)29-16-19-6-4-3-5-7-19/h3-7,18,20-22,32H,8-17H2,1-2H3,(H,28,34)(H,29,33)/t18-,20-,21+,22?,26+,27?/m1/s1. The number of hydrogen-bond donors (Lipinski definition) is 3. The molecule has 0 aromatic heterocycles. The van der Waals surface area contributed by atoms with E-state index in [2.05, 4.69) is 22.5 Å². The van der Waals surface area contributed by atoms with Crippen LogP contribution in [0.3, 0.4) is 0 Å². The predicted octanol–water partition coefficient (Wildman–Crippen LogP) is 0.613. The number of thioether (sulfide) groups is 1. The Labute approximate surface area is 222 Å². The fraction of sp³-hybridized carbons (Fsp3) is 0.667. The van der Waals surface area contributed by atoms with Crippen molar-refractivity contribution >= 4 is 29.5 Å². The lowest BCUT2D eigenvalue weighted by molar-refractivity contribution is -0.143. The van der Waals surface area contributed by atoms with Crippen LogP contribution in [0.25, 0.3) is 0 Å². The molecule has 0 aliphatic carbocycles. The fourth-order valence-corrected chi connectivity index (χ4v) is 9.12. The number of morpholine rings is 1. The first-order chi connectivity index (χ1) is 17.8. The molecular weight excluding hydrogens is 492 g/mol. The van der Waals surface area contributed by atoms with E-state index in [4.69, 9.17) is 4.74 Å². The second-order valence-electron chi connectivity index (χ2n) is 11.0. The molecule has 0 radical (unpaired) electrons. The van der Waals surface area contributed by atoms with Crippen LogP contribution in [0, 0.1) is 11.8 Å². The lowest BCUT2D eigenvalue weighted by Gasteiger charge is -2.36. The van der Waals surface area contributed by atoms with Gasteiger partial charge in [-0.3, -0.25) is 19.3 Å². The van der Waals surface area contributed by atoms with Gasteiger partial charge < -0.3 is 25.4 Å². The lowest BCUT2D eigenvalue weighted by atomic mass is 9.66. The van der Waals surface area contributed by atoms with Crippen molar-refractivity contribution in [3.8, 4) is 0 Å². The van der Waals surface area contributed by atoms with Gasteiger partial charge in [-0.05, 0) is 32.3 Å². The molecule has 4 heterocycles. The Morgan fingerprint density at radius 1 is 1.16 bits per heavy atom. The van der Waals surface area contributed by atoms with Crippen LogP contribution in [0.4, 0.5) is 0 Å². The number of carbonyl (C=O) groups excluding carboxylic acids is 3. The maximum absolute atomic E-state index is 14.0. The molecule has 2 unspecified atom stereocenters. The highest BCUT2D eigenvalue weighted by atomic mass is 32.2. The third-order valence-electron chi connectivity index (χ3n) is 8.62. The van der Waals surface area contributed by atoms with E-state index in [-0.39, 0.29) is 24.3 Å². The number of aliphatic hydroxyl groups excluding tert-OH is 1. The number of amides is 3. The number of hydrogen-bond acceptors (Lipinski definition) is 7. The zero-order valence-corrected chi connectivity index (χ0v) is 22.5. The summed E-state index contributed by atoms with van der Waals surface area (Å²) in [6.45, 7) is 8.26. The lowest BCUT2D eigenvalue weighted by Crippen LogP contribution is -2.56. The average Bonchev–Trinajstić information content (AvgIpc) is 3.48. The summed E-state index contributed by atoms with van der Waals surface area (Å²) in [6.07, 6.45) is 1.47. The van der Waals surface area contributed by atoms with Crippen LogP contribution in [0.2, 0.25) is 0 Å². The van der Waals surface area contributed by atoms with Crippen molar-refractivity contribution in [2.24, 2.45) is 11.8 Å². The first kappa shape index (κ1) is 26.5. The molecule has 4 aliphatic rings. The molecule has 1 aromatic rings. The summed E-state index contributed by atoms with van der Waals surface area (Å²) in [5.74, 6) is -1.63. The van der Waals surface area contributed by atoms with Gasteiger partial charge in [-0.15, -0.1) is 11.8 Å². The van der Waals surface area contributed by atoms with Gasteiger partial charge in [0.2, 0.25) is 17.7 Å². The SMILES string of the molecule is C[C@H](CO)N1C(=O)[C@@H]2[C@H](C(=O)NCc3ccccc3)[C@]3(C)CCC2(S3)C1C(=O)NCCN1CCOCC1. The maximum atomic E-state index is 14.0. The third kappa shape index (κ3) is 4.66. The molecule has 0 saturated carbocycles. The van der Waals surface area contributed by atoms with Gasteiger partial charge in [-0.2, -0.15) is 0 Å². The minimum atomic E-state index is -0.712. The van der Waals surface area contributed by atoms with Crippen LogP contribution in [0.1, 0.15) is 32.3 Å². The molecule has 5 rings (SSSR count). The van der Waals surface area contributed by atoms with Crippen LogP contribution < -0.4 is 10.6 Å². The molecule has 6 atom stereocenters. The Balaban J connectivity index is 1.36. The second kappa shape index (κ2) is 10.6. The molecule has 10 heteroatoms. The molecule has 202 valence electrons. The molecule has 4 aliphatic heterocycles. The predicted molar refractivity (Wildman–Crippen MR) is 141 cm³/mol. The highest BCUT2D eigenvalue weighted by molar-refractivity contribution is 8.02. The molecule has 1 aromatic carbocycles. The van der Waals surface area contributed by atoms with Crippen molar-refractivity contribution in [3.63, 3.8) is 0 Å². The molecular formula is C27H38N4O5S. The maximum Gasteiger partial charge on any atom is 0.244 e. The third-order valence-corrected chi connectivity index (χ3v) is 10.6. The van der Waals surface area contributed by atoms with Crippen molar-refractivity contribution in [2.45, 2.75) is 54.8 Å². The number of ether oxygens (including phenoxy) is 1. The zero-order chi connectivity index (χ0) is 26.2. The minimum absolute atomic E-state index is 0.135. The summed E-state index contributed by atoms with van der Waals surface area (Å²) in [5.41, 5.74) is 0.998. The number of rotatable bonds is 9. The van der Waals surface area contributed by atoms with E-state index < -0.39 is 33.4 Å². The summed E-state index contributed by atoms with van der Waals surface area (Å²) in [5, 5.41) is 16.1. The number of fused-ring (bicyclic) bond motifs is 1. The van der Waals surface area contributed by atoms with Crippen LogP contribution >= 0.6 is 11.8 Å². The number of likely N-dealkylation sites (tertiary alicyclic amines) is 1. The van der Waals surface area contributed by atoms with Gasteiger partial charge in [-0.1, -0.05) is 30.3 Å². The Hall–Kier alpha value is -2.14. The normalized spacial score (nSPS) is 33.9. The van der Waals surface area contributed by atoms with Crippen LogP contribution in [-0.4, -0.2) is 100 Å². The van der Waals surface area contributed by atoms with Crippen LogP contribution in [0.15, 0.2) is 30.3 Å². The van der Waals surface area contributed by atoms with E-state index >= 15 is 0 Å². The molecule has 9 nitrogen and oxygen atoms in total.